The van der Waals surface area contributed by atoms with Crippen LogP contribution in [-0.4, -0.2) is 38.2 Å². The van der Waals surface area contributed by atoms with Gasteiger partial charge in [-0.25, -0.2) is 4.57 Å². The molecule has 8 heteroatoms. The number of hydrogen-bond acceptors (Lipinski definition) is 4. The SMILES string of the molecule is CCCCOP(C)(=O)OC(C(=O)N(C)C)=C(Cl)Cl. The molecule has 106 valence electrons. The van der Waals surface area contributed by atoms with Gasteiger partial charge in [0.2, 0.25) is 5.76 Å². The summed E-state index contributed by atoms with van der Waals surface area (Å²) in [6.07, 6.45) is 1.64. The molecule has 0 rings (SSSR count). The van der Waals surface area contributed by atoms with Crippen LogP contribution in [0.1, 0.15) is 19.8 Å². The fourth-order valence-corrected chi connectivity index (χ4v) is 2.29. The lowest BCUT2D eigenvalue weighted by atomic mass is 10.4. The normalized spacial score (nSPS) is 13.7. The number of unbranched alkanes of at least 4 members (excludes halogenated alkanes) is 1. The average molecular weight is 318 g/mol. The second kappa shape index (κ2) is 8.05. The van der Waals surface area contributed by atoms with Crippen molar-refractivity contribution in [1.82, 2.24) is 4.90 Å². The van der Waals surface area contributed by atoms with E-state index in [-0.39, 0.29) is 16.9 Å². The standard InChI is InChI=1S/C10H18Cl2NO4P/c1-5-6-7-16-18(4,15)17-8(9(11)12)10(14)13(2)3/h5-7H2,1-4H3. The Morgan fingerprint density at radius 1 is 1.33 bits per heavy atom. The summed E-state index contributed by atoms with van der Waals surface area (Å²) in [6, 6.07) is 0. The highest BCUT2D eigenvalue weighted by molar-refractivity contribution is 7.53. The topological polar surface area (TPSA) is 55.8 Å². The molecule has 0 aliphatic heterocycles. The van der Waals surface area contributed by atoms with Gasteiger partial charge in [-0.05, 0) is 6.42 Å². The molecule has 18 heavy (non-hydrogen) atoms. The molecule has 0 spiro atoms. The number of hydrogen-bond donors (Lipinski definition) is 0. The number of rotatable bonds is 7. The van der Waals surface area contributed by atoms with Crippen LogP contribution in [0.15, 0.2) is 10.3 Å². The van der Waals surface area contributed by atoms with Gasteiger partial charge in [-0.15, -0.1) is 0 Å². The Hall–Kier alpha value is -0.220. The summed E-state index contributed by atoms with van der Waals surface area (Å²) in [7, 11) is -0.398. The van der Waals surface area contributed by atoms with Crippen LogP contribution in [0.2, 0.25) is 0 Å². The van der Waals surface area contributed by atoms with Crippen molar-refractivity contribution in [1.29, 1.82) is 0 Å². The number of carbonyl (C=O) groups is 1. The van der Waals surface area contributed by atoms with Crippen molar-refractivity contribution in [2.45, 2.75) is 19.8 Å². The van der Waals surface area contributed by atoms with Crippen molar-refractivity contribution < 1.29 is 18.4 Å². The zero-order chi connectivity index (χ0) is 14.3. The molecule has 0 aliphatic carbocycles. The minimum atomic E-state index is -3.40. The summed E-state index contributed by atoms with van der Waals surface area (Å²) in [6.45, 7) is 3.53. The molecular formula is C10H18Cl2NO4P. The Balaban J connectivity index is 4.76. The van der Waals surface area contributed by atoms with Crippen molar-refractivity contribution in [3.05, 3.63) is 10.3 Å². The zero-order valence-electron chi connectivity index (χ0n) is 10.9. The third kappa shape index (κ3) is 6.64. The van der Waals surface area contributed by atoms with Gasteiger partial charge in [0.1, 0.15) is 0 Å². The first-order chi connectivity index (χ1) is 8.21. The predicted molar refractivity (Wildman–Crippen MR) is 72.9 cm³/mol. The Kier molecular flexibility index (Phi) is 7.95. The van der Waals surface area contributed by atoms with Gasteiger partial charge in [-0.1, -0.05) is 36.5 Å². The van der Waals surface area contributed by atoms with E-state index in [9.17, 15) is 9.36 Å². The molecule has 0 aromatic rings. The summed E-state index contributed by atoms with van der Waals surface area (Å²) in [5, 5.41) is 0. The molecule has 1 atom stereocenters. The smallest absolute Gasteiger partial charge is 0.376 e. The third-order valence-corrected chi connectivity index (χ3v) is 3.36. The van der Waals surface area contributed by atoms with Gasteiger partial charge in [0, 0.05) is 20.8 Å². The van der Waals surface area contributed by atoms with Crippen molar-refractivity contribution in [3.63, 3.8) is 0 Å². The van der Waals surface area contributed by atoms with E-state index in [1.807, 2.05) is 6.92 Å². The molecule has 5 nitrogen and oxygen atoms in total. The molecule has 0 saturated heterocycles. The van der Waals surface area contributed by atoms with Crippen LogP contribution >= 0.6 is 30.8 Å². The maximum absolute atomic E-state index is 12.0. The van der Waals surface area contributed by atoms with Crippen LogP contribution in [0.3, 0.4) is 0 Å². The predicted octanol–water partition coefficient (Wildman–Crippen LogP) is 3.38. The van der Waals surface area contributed by atoms with E-state index in [0.717, 1.165) is 12.8 Å². The molecule has 0 N–H and O–H groups in total. The molecule has 0 radical (unpaired) electrons. The van der Waals surface area contributed by atoms with Crippen LogP contribution in [0.25, 0.3) is 0 Å². The molecule has 0 aromatic carbocycles. The summed E-state index contributed by atoms with van der Waals surface area (Å²) < 4.78 is 21.7. The van der Waals surface area contributed by atoms with Crippen LogP contribution in [0.5, 0.6) is 0 Å². The lowest BCUT2D eigenvalue weighted by Gasteiger charge is -2.19. The summed E-state index contributed by atoms with van der Waals surface area (Å²) in [4.78, 5) is 12.9. The quantitative estimate of drug-likeness (QED) is 0.312. The Morgan fingerprint density at radius 3 is 2.28 bits per heavy atom. The van der Waals surface area contributed by atoms with Crippen molar-refractivity contribution in [2.24, 2.45) is 0 Å². The largest absolute Gasteiger partial charge is 0.416 e. The first-order valence-electron chi connectivity index (χ1n) is 5.39. The van der Waals surface area contributed by atoms with Gasteiger partial charge in [0.05, 0.1) is 6.61 Å². The molecule has 1 amide bonds. The average Bonchev–Trinajstić information content (AvgIpc) is 2.24. The minimum Gasteiger partial charge on any atom is -0.416 e. The maximum atomic E-state index is 12.0. The highest BCUT2D eigenvalue weighted by atomic mass is 35.5. The van der Waals surface area contributed by atoms with E-state index in [4.69, 9.17) is 32.2 Å². The van der Waals surface area contributed by atoms with Crippen LogP contribution in [0.4, 0.5) is 0 Å². The highest BCUT2D eigenvalue weighted by Gasteiger charge is 2.27. The Labute approximate surface area is 118 Å². The molecular weight excluding hydrogens is 300 g/mol. The number of nitrogens with zero attached hydrogens (tertiary/aromatic N) is 1. The Morgan fingerprint density at radius 2 is 1.89 bits per heavy atom. The Bertz CT molecular complexity index is 367. The zero-order valence-corrected chi connectivity index (χ0v) is 13.3. The van der Waals surface area contributed by atoms with E-state index in [1.54, 1.807) is 0 Å². The molecule has 0 aromatic heterocycles. The van der Waals surface area contributed by atoms with Gasteiger partial charge in [-0.2, -0.15) is 0 Å². The van der Waals surface area contributed by atoms with Crippen molar-refractivity contribution >= 4 is 36.7 Å². The molecule has 0 bridgehead atoms. The van der Waals surface area contributed by atoms with Gasteiger partial charge in [0.15, 0.2) is 4.49 Å². The second-order valence-electron chi connectivity index (χ2n) is 3.84. The maximum Gasteiger partial charge on any atom is 0.376 e. The van der Waals surface area contributed by atoms with Gasteiger partial charge in [-0.3, -0.25) is 9.32 Å². The minimum absolute atomic E-state index is 0.285. The van der Waals surface area contributed by atoms with Crippen LogP contribution in [0, 0.1) is 0 Å². The third-order valence-electron chi connectivity index (χ3n) is 1.85. The van der Waals surface area contributed by atoms with Gasteiger partial charge >= 0.3 is 7.60 Å². The fraction of sp³-hybridized carbons (Fsp3) is 0.700. The van der Waals surface area contributed by atoms with E-state index < -0.39 is 13.5 Å². The first kappa shape index (κ1) is 17.8. The van der Waals surface area contributed by atoms with E-state index in [1.165, 1.54) is 25.7 Å². The first-order valence-corrected chi connectivity index (χ1v) is 8.14. The van der Waals surface area contributed by atoms with Crippen molar-refractivity contribution in [3.8, 4) is 0 Å². The summed E-state index contributed by atoms with van der Waals surface area (Å²) in [5.41, 5.74) is 0. The summed E-state index contributed by atoms with van der Waals surface area (Å²) in [5.74, 6) is -0.943. The fourth-order valence-electron chi connectivity index (χ4n) is 0.924. The molecule has 0 fully saturated rings. The van der Waals surface area contributed by atoms with Gasteiger partial charge in [0.25, 0.3) is 5.91 Å². The number of halogens is 2. The number of carbonyl (C=O) groups excluding carboxylic acids is 1. The lowest BCUT2D eigenvalue weighted by molar-refractivity contribution is -0.127. The monoisotopic (exact) mass is 317 g/mol. The van der Waals surface area contributed by atoms with Gasteiger partial charge < -0.3 is 9.42 Å². The van der Waals surface area contributed by atoms with E-state index >= 15 is 0 Å². The molecule has 0 saturated carbocycles. The molecule has 1 unspecified atom stereocenters. The lowest BCUT2D eigenvalue weighted by Crippen LogP contribution is -2.24. The van der Waals surface area contributed by atoms with E-state index in [2.05, 4.69) is 0 Å². The summed E-state index contributed by atoms with van der Waals surface area (Å²) >= 11 is 11.1. The van der Waals surface area contributed by atoms with E-state index in [0.29, 0.717) is 0 Å². The van der Waals surface area contributed by atoms with Crippen LogP contribution in [-0.2, 0) is 18.4 Å². The number of likely N-dealkylation sites (N-methyl/N-ethyl adjacent to an activating group) is 1. The number of amides is 1. The second-order valence-corrected chi connectivity index (χ2v) is 6.77. The van der Waals surface area contributed by atoms with Crippen molar-refractivity contribution in [2.75, 3.05) is 27.4 Å². The highest BCUT2D eigenvalue weighted by Crippen LogP contribution is 2.47. The van der Waals surface area contributed by atoms with Crippen LogP contribution < -0.4 is 0 Å². The molecule has 0 heterocycles. The molecule has 0 aliphatic rings.